The van der Waals surface area contributed by atoms with E-state index < -0.39 is 0 Å². The van der Waals surface area contributed by atoms with Crippen molar-refractivity contribution in [3.05, 3.63) is 46.9 Å². The lowest BCUT2D eigenvalue weighted by Gasteiger charge is -2.05. The van der Waals surface area contributed by atoms with E-state index in [0.29, 0.717) is 4.77 Å². The monoisotopic (exact) mass is 217 g/mol. The van der Waals surface area contributed by atoms with Crippen molar-refractivity contribution in [1.29, 1.82) is 0 Å². The zero-order chi connectivity index (χ0) is 10.7. The number of benzene rings is 1. The molecule has 1 heterocycles. The van der Waals surface area contributed by atoms with Crippen molar-refractivity contribution in [3.63, 3.8) is 0 Å². The molecule has 4 heteroatoms. The number of aryl methyl sites for hydroxylation is 1. The van der Waals surface area contributed by atoms with E-state index in [1.807, 2.05) is 43.3 Å². The Labute approximate surface area is 93.2 Å². The number of aromatic nitrogens is 2. The van der Waals surface area contributed by atoms with Gasteiger partial charge in [-0.05, 0) is 37.3 Å². The Morgan fingerprint density at radius 2 is 2.00 bits per heavy atom. The summed E-state index contributed by atoms with van der Waals surface area (Å²) < 4.78 is 0.494. The van der Waals surface area contributed by atoms with Crippen LogP contribution in [0.2, 0.25) is 0 Å². The maximum atomic E-state index is 5.00. The zero-order valence-corrected chi connectivity index (χ0v) is 9.14. The highest BCUT2D eigenvalue weighted by molar-refractivity contribution is 7.71. The molecule has 0 saturated carbocycles. The van der Waals surface area contributed by atoms with Crippen molar-refractivity contribution in [2.24, 2.45) is 0 Å². The molecule has 0 atom stereocenters. The molecule has 0 amide bonds. The van der Waals surface area contributed by atoms with Crippen LogP contribution in [0.25, 0.3) is 0 Å². The molecule has 0 bridgehead atoms. The van der Waals surface area contributed by atoms with Crippen LogP contribution in [0.15, 0.2) is 36.4 Å². The Kier molecular flexibility index (Phi) is 2.78. The standard InChI is InChI=1S/C11H11N3S/c1-8-7-10(14-11(15)12-8)13-9-5-3-2-4-6-9/h2-7H,1H3,(H2,12,13,14,15). The normalized spacial score (nSPS) is 9.93. The number of hydrogen-bond donors (Lipinski definition) is 2. The van der Waals surface area contributed by atoms with Gasteiger partial charge < -0.3 is 10.3 Å². The van der Waals surface area contributed by atoms with Crippen LogP contribution in [-0.4, -0.2) is 9.97 Å². The van der Waals surface area contributed by atoms with Gasteiger partial charge >= 0.3 is 0 Å². The third kappa shape index (κ3) is 2.63. The summed E-state index contributed by atoms with van der Waals surface area (Å²) in [5.41, 5.74) is 2.00. The number of rotatable bonds is 2. The van der Waals surface area contributed by atoms with Crippen molar-refractivity contribution in [3.8, 4) is 0 Å². The van der Waals surface area contributed by atoms with Gasteiger partial charge in [0.2, 0.25) is 0 Å². The van der Waals surface area contributed by atoms with Gasteiger partial charge in [-0.1, -0.05) is 18.2 Å². The minimum absolute atomic E-state index is 0.494. The molecule has 76 valence electrons. The predicted molar refractivity (Wildman–Crippen MR) is 63.9 cm³/mol. The van der Waals surface area contributed by atoms with Crippen LogP contribution in [0.1, 0.15) is 5.69 Å². The summed E-state index contributed by atoms with van der Waals surface area (Å²) in [5, 5.41) is 3.19. The van der Waals surface area contributed by atoms with E-state index in [-0.39, 0.29) is 0 Å². The molecule has 1 aromatic carbocycles. The largest absolute Gasteiger partial charge is 0.340 e. The first-order valence-corrected chi connectivity index (χ1v) is 5.05. The summed E-state index contributed by atoms with van der Waals surface area (Å²) in [6, 6.07) is 11.8. The number of nitrogens with zero attached hydrogens (tertiary/aromatic N) is 1. The highest BCUT2D eigenvalue weighted by Crippen LogP contribution is 2.13. The predicted octanol–water partition coefficient (Wildman–Crippen LogP) is 3.19. The molecule has 0 radical (unpaired) electrons. The van der Waals surface area contributed by atoms with Crippen LogP contribution in [0, 0.1) is 11.7 Å². The number of para-hydroxylation sites is 1. The Bertz CT molecular complexity index is 505. The lowest BCUT2D eigenvalue weighted by Crippen LogP contribution is -1.96. The first kappa shape index (κ1) is 9.86. The van der Waals surface area contributed by atoms with E-state index in [4.69, 9.17) is 12.2 Å². The fraction of sp³-hybridized carbons (Fsp3) is 0.0909. The smallest absolute Gasteiger partial charge is 0.198 e. The molecule has 2 N–H and O–H groups in total. The van der Waals surface area contributed by atoms with E-state index in [0.717, 1.165) is 17.2 Å². The Morgan fingerprint density at radius 3 is 2.67 bits per heavy atom. The third-order valence-corrected chi connectivity index (χ3v) is 2.12. The zero-order valence-electron chi connectivity index (χ0n) is 8.32. The Balaban J connectivity index is 2.29. The molecule has 15 heavy (non-hydrogen) atoms. The number of anilines is 2. The molecule has 2 rings (SSSR count). The van der Waals surface area contributed by atoms with Crippen molar-refractivity contribution >= 4 is 23.7 Å². The van der Waals surface area contributed by atoms with Crippen LogP contribution < -0.4 is 5.32 Å². The Hall–Kier alpha value is -1.68. The molecule has 0 aliphatic rings. The highest BCUT2D eigenvalue weighted by atomic mass is 32.1. The fourth-order valence-corrected chi connectivity index (χ4v) is 1.57. The van der Waals surface area contributed by atoms with E-state index in [9.17, 15) is 0 Å². The molecular formula is C11H11N3S. The second-order valence-electron chi connectivity index (χ2n) is 3.25. The van der Waals surface area contributed by atoms with Gasteiger partial charge in [0.15, 0.2) is 4.77 Å². The first-order chi connectivity index (χ1) is 7.24. The summed E-state index contributed by atoms with van der Waals surface area (Å²) in [6.07, 6.45) is 0. The number of nitrogens with one attached hydrogen (secondary N) is 2. The topological polar surface area (TPSA) is 40.7 Å². The van der Waals surface area contributed by atoms with Crippen molar-refractivity contribution < 1.29 is 0 Å². The van der Waals surface area contributed by atoms with Crippen molar-refractivity contribution in [2.45, 2.75) is 6.92 Å². The molecule has 0 spiro atoms. The highest BCUT2D eigenvalue weighted by Gasteiger charge is 1.96. The molecular weight excluding hydrogens is 206 g/mol. The van der Waals surface area contributed by atoms with E-state index in [1.165, 1.54) is 0 Å². The van der Waals surface area contributed by atoms with Crippen LogP contribution in [-0.2, 0) is 0 Å². The summed E-state index contributed by atoms with van der Waals surface area (Å²) in [4.78, 5) is 7.14. The van der Waals surface area contributed by atoms with Gasteiger partial charge in [0, 0.05) is 11.4 Å². The summed E-state index contributed by atoms with van der Waals surface area (Å²) in [6.45, 7) is 1.95. The molecule has 0 unspecified atom stereocenters. The van der Waals surface area contributed by atoms with Gasteiger partial charge in [-0.2, -0.15) is 0 Å². The third-order valence-electron chi connectivity index (χ3n) is 1.93. The maximum absolute atomic E-state index is 5.00. The second kappa shape index (κ2) is 4.23. The lowest BCUT2D eigenvalue weighted by atomic mass is 10.3. The average Bonchev–Trinajstić information content (AvgIpc) is 2.17. The quantitative estimate of drug-likeness (QED) is 0.759. The van der Waals surface area contributed by atoms with Crippen molar-refractivity contribution in [2.75, 3.05) is 5.32 Å². The number of hydrogen-bond acceptors (Lipinski definition) is 3. The van der Waals surface area contributed by atoms with E-state index in [2.05, 4.69) is 15.3 Å². The fourth-order valence-electron chi connectivity index (χ4n) is 1.31. The van der Waals surface area contributed by atoms with E-state index >= 15 is 0 Å². The SMILES string of the molecule is Cc1cc(Nc2ccccc2)nc(=S)[nH]1. The molecule has 2 aromatic rings. The second-order valence-corrected chi connectivity index (χ2v) is 3.63. The Morgan fingerprint density at radius 1 is 1.27 bits per heavy atom. The van der Waals surface area contributed by atoms with Gasteiger partial charge in [-0.3, -0.25) is 0 Å². The number of aromatic amines is 1. The molecule has 3 nitrogen and oxygen atoms in total. The van der Waals surface area contributed by atoms with Crippen LogP contribution in [0.4, 0.5) is 11.5 Å². The summed E-state index contributed by atoms with van der Waals surface area (Å²) in [7, 11) is 0. The maximum Gasteiger partial charge on any atom is 0.198 e. The first-order valence-electron chi connectivity index (χ1n) is 4.64. The minimum Gasteiger partial charge on any atom is -0.340 e. The van der Waals surface area contributed by atoms with Crippen molar-refractivity contribution in [1.82, 2.24) is 9.97 Å². The van der Waals surface area contributed by atoms with Crippen LogP contribution >= 0.6 is 12.2 Å². The average molecular weight is 217 g/mol. The van der Waals surface area contributed by atoms with Gasteiger partial charge in [-0.15, -0.1) is 0 Å². The molecule has 0 fully saturated rings. The van der Waals surface area contributed by atoms with Crippen LogP contribution in [0.5, 0.6) is 0 Å². The van der Waals surface area contributed by atoms with Gasteiger partial charge in [-0.25, -0.2) is 4.98 Å². The van der Waals surface area contributed by atoms with E-state index in [1.54, 1.807) is 0 Å². The van der Waals surface area contributed by atoms with Gasteiger partial charge in [0.25, 0.3) is 0 Å². The minimum atomic E-state index is 0.494. The molecule has 1 aromatic heterocycles. The molecule has 0 aliphatic carbocycles. The van der Waals surface area contributed by atoms with Crippen LogP contribution in [0.3, 0.4) is 0 Å². The summed E-state index contributed by atoms with van der Waals surface area (Å²) in [5.74, 6) is 0.766. The number of H-pyrrole nitrogens is 1. The molecule has 0 aliphatic heterocycles. The molecule has 0 saturated heterocycles. The van der Waals surface area contributed by atoms with Gasteiger partial charge in [0.1, 0.15) is 5.82 Å². The lowest BCUT2D eigenvalue weighted by molar-refractivity contribution is 1.08. The van der Waals surface area contributed by atoms with Gasteiger partial charge in [0.05, 0.1) is 0 Å². The summed E-state index contributed by atoms with van der Waals surface area (Å²) >= 11 is 5.00.